The molecular weight excluding hydrogens is 439 g/mol. The Kier molecular flexibility index (Phi) is 9.71. The molecule has 3 rings (SSSR count). The van der Waals surface area contributed by atoms with Crippen LogP contribution in [0, 0.1) is 11.7 Å². The van der Waals surface area contributed by atoms with Crippen molar-refractivity contribution < 1.29 is 19.0 Å². The van der Waals surface area contributed by atoms with Gasteiger partial charge in [-0.05, 0) is 60.9 Å². The Hall–Kier alpha value is -1.96. The molecule has 5 nitrogen and oxygen atoms in total. The van der Waals surface area contributed by atoms with Crippen molar-refractivity contribution in [2.45, 2.75) is 58.6 Å². The number of carbonyl (C=O) groups excluding carboxylic acids is 1. The van der Waals surface area contributed by atoms with Gasteiger partial charge in [-0.25, -0.2) is 4.39 Å². The second kappa shape index (κ2) is 12.5. The Morgan fingerprint density at radius 2 is 2.15 bits per heavy atom. The van der Waals surface area contributed by atoms with Crippen LogP contribution in [0.25, 0.3) is 0 Å². The fraction of sp³-hybridized carbons (Fsp3) is 0.577. The summed E-state index contributed by atoms with van der Waals surface area (Å²) in [5.74, 6) is 0.701. The van der Waals surface area contributed by atoms with Crippen LogP contribution in [0.5, 0.6) is 5.75 Å². The van der Waals surface area contributed by atoms with Crippen LogP contribution >= 0.6 is 11.3 Å². The van der Waals surface area contributed by atoms with Gasteiger partial charge in [-0.1, -0.05) is 33.3 Å². The predicted molar refractivity (Wildman–Crippen MR) is 131 cm³/mol. The van der Waals surface area contributed by atoms with E-state index in [-0.39, 0.29) is 30.9 Å². The van der Waals surface area contributed by atoms with Crippen molar-refractivity contribution in [3.8, 4) is 5.75 Å². The van der Waals surface area contributed by atoms with E-state index < -0.39 is 6.10 Å². The second-order valence-electron chi connectivity index (χ2n) is 9.28. The topological polar surface area (TPSA) is 53.0 Å². The van der Waals surface area contributed by atoms with Crippen molar-refractivity contribution in [1.29, 1.82) is 0 Å². The summed E-state index contributed by atoms with van der Waals surface area (Å²) in [5.41, 5.74) is 1.12. The lowest BCUT2D eigenvalue weighted by atomic mass is 10.00. The number of benzene rings is 1. The minimum atomic E-state index is -0.424. The first-order valence-corrected chi connectivity index (χ1v) is 12.9. The van der Waals surface area contributed by atoms with Crippen LogP contribution in [-0.2, 0) is 11.2 Å². The van der Waals surface area contributed by atoms with Crippen LogP contribution in [-0.4, -0.2) is 59.7 Å². The normalized spacial score (nSPS) is 16.8. The number of nitrogens with zero attached hydrogens (tertiary/aromatic N) is 2. The minimum absolute atomic E-state index is 0.0483. The van der Waals surface area contributed by atoms with E-state index in [0.717, 1.165) is 37.8 Å². The molecule has 1 amide bonds. The highest BCUT2D eigenvalue weighted by Crippen LogP contribution is 2.34. The zero-order valence-corrected chi connectivity index (χ0v) is 20.8. The van der Waals surface area contributed by atoms with E-state index in [0.29, 0.717) is 24.8 Å². The molecule has 0 radical (unpaired) electrons. The van der Waals surface area contributed by atoms with Crippen LogP contribution in [0.1, 0.15) is 56.5 Å². The Balaban J connectivity index is 1.72. The molecule has 0 saturated carbocycles. The third-order valence-electron chi connectivity index (χ3n) is 6.09. The number of thiophene rings is 1. The molecule has 1 aromatic heterocycles. The highest BCUT2D eigenvalue weighted by atomic mass is 32.1. The molecule has 2 aromatic rings. The molecule has 1 aliphatic rings. The van der Waals surface area contributed by atoms with E-state index in [2.05, 4.69) is 37.1 Å². The lowest BCUT2D eigenvalue weighted by Crippen LogP contribution is -2.48. The maximum absolute atomic E-state index is 13.6. The maximum Gasteiger partial charge on any atom is 0.237 e. The van der Waals surface area contributed by atoms with E-state index in [9.17, 15) is 14.3 Å². The number of ether oxygens (including phenoxy) is 1. The summed E-state index contributed by atoms with van der Waals surface area (Å²) in [4.78, 5) is 18.8. The molecule has 0 saturated heterocycles. The summed E-state index contributed by atoms with van der Waals surface area (Å²) in [6.45, 7) is 8.89. The summed E-state index contributed by atoms with van der Waals surface area (Å²) in [5, 5.41) is 12.4. The zero-order valence-electron chi connectivity index (χ0n) is 20.0. The first-order valence-electron chi connectivity index (χ1n) is 12.0. The fourth-order valence-electron chi connectivity index (χ4n) is 4.29. The van der Waals surface area contributed by atoms with E-state index >= 15 is 0 Å². The Bertz CT molecular complexity index is 888. The summed E-state index contributed by atoms with van der Waals surface area (Å²) >= 11 is 1.71. The molecule has 2 heterocycles. The number of aliphatic hydroxyl groups excluding tert-OH is 1. The number of halogens is 1. The molecule has 0 aliphatic carbocycles. The molecule has 2 atom stereocenters. The molecule has 182 valence electrons. The molecule has 1 aliphatic heterocycles. The van der Waals surface area contributed by atoms with Gasteiger partial charge in [-0.15, -0.1) is 11.3 Å². The number of rotatable bonds is 12. The number of amides is 1. The van der Waals surface area contributed by atoms with Crippen molar-refractivity contribution in [2.24, 2.45) is 5.92 Å². The van der Waals surface area contributed by atoms with Gasteiger partial charge in [-0.3, -0.25) is 9.69 Å². The first kappa shape index (κ1) is 25.7. The average molecular weight is 477 g/mol. The SMILES string of the molecule is CCC[C@H](O)CN(CCC(C)C)CC(=O)N1CCc2sccc2[C@H]1COc1cccc(F)c1. The number of carbonyl (C=O) groups is 1. The highest BCUT2D eigenvalue weighted by Gasteiger charge is 2.33. The monoisotopic (exact) mass is 476 g/mol. The van der Waals surface area contributed by atoms with Gasteiger partial charge >= 0.3 is 0 Å². The van der Waals surface area contributed by atoms with Gasteiger partial charge in [0.05, 0.1) is 18.7 Å². The quantitative estimate of drug-likeness (QED) is 0.473. The molecule has 0 unspecified atom stereocenters. The van der Waals surface area contributed by atoms with Crippen LogP contribution in [0.15, 0.2) is 35.7 Å². The largest absolute Gasteiger partial charge is 0.491 e. The molecule has 0 spiro atoms. The smallest absolute Gasteiger partial charge is 0.237 e. The molecule has 1 N–H and O–H groups in total. The maximum atomic E-state index is 13.6. The molecule has 1 aromatic carbocycles. The Morgan fingerprint density at radius 1 is 1.33 bits per heavy atom. The number of hydrogen-bond acceptors (Lipinski definition) is 5. The summed E-state index contributed by atoms with van der Waals surface area (Å²) in [6, 6.07) is 7.98. The predicted octanol–water partition coefficient (Wildman–Crippen LogP) is 4.90. The van der Waals surface area contributed by atoms with Crippen molar-refractivity contribution in [3.05, 3.63) is 52.0 Å². The lowest BCUT2D eigenvalue weighted by molar-refractivity contribution is -0.136. The van der Waals surface area contributed by atoms with Gasteiger partial charge in [-0.2, -0.15) is 0 Å². The van der Waals surface area contributed by atoms with Gasteiger partial charge < -0.3 is 14.7 Å². The van der Waals surface area contributed by atoms with Crippen molar-refractivity contribution in [2.75, 3.05) is 32.8 Å². The third kappa shape index (κ3) is 7.52. The van der Waals surface area contributed by atoms with Crippen LogP contribution in [0.4, 0.5) is 4.39 Å². The van der Waals surface area contributed by atoms with Gasteiger partial charge in [0.1, 0.15) is 18.2 Å². The van der Waals surface area contributed by atoms with Gasteiger partial charge in [0.15, 0.2) is 0 Å². The van der Waals surface area contributed by atoms with Gasteiger partial charge in [0.2, 0.25) is 5.91 Å². The van der Waals surface area contributed by atoms with E-state index in [4.69, 9.17) is 4.74 Å². The first-order chi connectivity index (χ1) is 15.9. The summed E-state index contributed by atoms with van der Waals surface area (Å²) in [6.07, 6.45) is 3.04. The van der Waals surface area contributed by atoms with Crippen LogP contribution in [0.3, 0.4) is 0 Å². The second-order valence-corrected chi connectivity index (χ2v) is 10.3. The zero-order chi connectivity index (χ0) is 23.8. The average Bonchev–Trinajstić information content (AvgIpc) is 3.25. The molecule has 0 bridgehead atoms. The van der Waals surface area contributed by atoms with Crippen molar-refractivity contribution in [1.82, 2.24) is 9.80 Å². The van der Waals surface area contributed by atoms with Gasteiger partial charge in [0.25, 0.3) is 0 Å². The van der Waals surface area contributed by atoms with Crippen molar-refractivity contribution in [3.63, 3.8) is 0 Å². The summed E-state index contributed by atoms with van der Waals surface area (Å²) < 4.78 is 19.5. The van der Waals surface area contributed by atoms with E-state index in [1.54, 1.807) is 23.5 Å². The lowest BCUT2D eigenvalue weighted by Gasteiger charge is -2.37. The fourth-order valence-corrected chi connectivity index (χ4v) is 5.22. The minimum Gasteiger partial charge on any atom is -0.491 e. The van der Waals surface area contributed by atoms with Crippen LogP contribution < -0.4 is 4.74 Å². The van der Waals surface area contributed by atoms with Crippen molar-refractivity contribution >= 4 is 17.2 Å². The standard InChI is InChI=1S/C26H37FN2O3S/c1-4-6-21(30)16-28(12-9-19(2)3)17-26(31)29-13-10-25-23(11-14-33-25)24(29)18-32-22-8-5-7-20(27)15-22/h5,7-8,11,14-15,19,21,24,30H,4,6,9-10,12-13,16-18H2,1-3H3/t21-,24+/m0/s1. The van der Waals surface area contributed by atoms with Crippen LogP contribution in [0.2, 0.25) is 0 Å². The van der Waals surface area contributed by atoms with Gasteiger partial charge in [0, 0.05) is 24.0 Å². The number of hydrogen-bond donors (Lipinski definition) is 1. The molecular formula is C26H37FN2O3S. The summed E-state index contributed by atoms with van der Waals surface area (Å²) in [7, 11) is 0. The van der Waals surface area contributed by atoms with E-state index in [1.807, 2.05) is 4.90 Å². The Morgan fingerprint density at radius 3 is 2.88 bits per heavy atom. The van der Waals surface area contributed by atoms with E-state index in [1.165, 1.54) is 17.0 Å². The third-order valence-corrected chi connectivity index (χ3v) is 7.09. The molecule has 7 heteroatoms. The highest BCUT2D eigenvalue weighted by molar-refractivity contribution is 7.10. The number of aliphatic hydroxyl groups is 1. The molecule has 0 fully saturated rings. The Labute approximate surface area is 201 Å². The molecule has 33 heavy (non-hydrogen) atoms. The number of fused-ring (bicyclic) bond motifs is 1.